The summed E-state index contributed by atoms with van der Waals surface area (Å²) in [6.45, 7) is 0.976. The van der Waals surface area contributed by atoms with Crippen LogP contribution in [0.15, 0.2) is 64.4 Å². The number of halogens is 2. The van der Waals surface area contributed by atoms with Crippen molar-refractivity contribution in [1.82, 2.24) is 14.8 Å². The van der Waals surface area contributed by atoms with Crippen molar-refractivity contribution < 1.29 is 18.7 Å². The first-order valence-electron chi connectivity index (χ1n) is 9.85. The zero-order chi connectivity index (χ0) is 22.8. The molecule has 1 aliphatic rings. The molecule has 1 N–H and O–H groups in total. The predicted molar refractivity (Wildman–Crippen MR) is 126 cm³/mol. The smallest absolute Gasteiger partial charge is 0.234 e. The van der Waals surface area contributed by atoms with E-state index in [0.717, 1.165) is 5.69 Å². The van der Waals surface area contributed by atoms with Crippen LogP contribution in [-0.4, -0.2) is 39.6 Å². The third-order valence-corrected chi connectivity index (χ3v) is 6.00. The van der Waals surface area contributed by atoms with Gasteiger partial charge in [0.25, 0.3) is 0 Å². The van der Waals surface area contributed by atoms with E-state index in [9.17, 15) is 4.79 Å². The van der Waals surface area contributed by atoms with Gasteiger partial charge in [-0.2, -0.15) is 0 Å². The fraction of sp³-hybridized carbons (Fsp3) is 0.136. The van der Waals surface area contributed by atoms with Crippen LogP contribution in [0, 0.1) is 0 Å². The average molecular weight is 503 g/mol. The van der Waals surface area contributed by atoms with Crippen LogP contribution in [0.3, 0.4) is 0 Å². The standard InChI is InChI=1S/C22H16Cl2N4O4S/c23-13-8-14(24)10-15(9-13)25-20(29)12-33-22-27-26-21(18-2-1-5-30-18)28(22)16-3-4-17-19(11-16)32-7-6-31-17/h1-5,8-11H,6-7,12H2,(H,25,29). The van der Waals surface area contributed by atoms with Crippen LogP contribution in [0.5, 0.6) is 11.5 Å². The number of amides is 1. The number of carbonyl (C=O) groups excluding carboxylic acids is 1. The van der Waals surface area contributed by atoms with Crippen molar-refractivity contribution in [1.29, 1.82) is 0 Å². The first-order chi connectivity index (χ1) is 16.1. The van der Waals surface area contributed by atoms with E-state index in [0.29, 0.717) is 57.2 Å². The molecular weight excluding hydrogens is 487 g/mol. The highest BCUT2D eigenvalue weighted by molar-refractivity contribution is 7.99. The monoisotopic (exact) mass is 502 g/mol. The molecule has 0 spiro atoms. The summed E-state index contributed by atoms with van der Waals surface area (Å²) in [4.78, 5) is 12.6. The molecule has 0 radical (unpaired) electrons. The van der Waals surface area contributed by atoms with E-state index >= 15 is 0 Å². The summed E-state index contributed by atoms with van der Waals surface area (Å²) in [7, 11) is 0. The van der Waals surface area contributed by atoms with E-state index in [4.69, 9.17) is 37.1 Å². The molecule has 0 aliphatic carbocycles. The van der Waals surface area contributed by atoms with E-state index < -0.39 is 0 Å². The van der Waals surface area contributed by atoms with Gasteiger partial charge in [0, 0.05) is 21.8 Å². The Balaban J connectivity index is 1.41. The second-order valence-electron chi connectivity index (χ2n) is 6.94. The highest BCUT2D eigenvalue weighted by Gasteiger charge is 2.21. The predicted octanol–water partition coefficient (Wildman–Crippen LogP) is 5.34. The van der Waals surface area contributed by atoms with Crippen molar-refractivity contribution in [3.63, 3.8) is 0 Å². The minimum Gasteiger partial charge on any atom is -0.486 e. The molecule has 4 aromatic rings. The molecule has 0 unspecified atom stereocenters. The summed E-state index contributed by atoms with van der Waals surface area (Å²) in [5, 5.41) is 12.8. The largest absolute Gasteiger partial charge is 0.486 e. The first-order valence-corrected chi connectivity index (χ1v) is 11.6. The van der Waals surface area contributed by atoms with Crippen LogP contribution in [0.4, 0.5) is 5.69 Å². The van der Waals surface area contributed by atoms with Crippen molar-refractivity contribution in [3.05, 3.63) is 64.8 Å². The summed E-state index contributed by atoms with van der Waals surface area (Å²) in [6, 6.07) is 14.0. The van der Waals surface area contributed by atoms with E-state index in [-0.39, 0.29) is 11.7 Å². The number of aromatic nitrogens is 3. The number of carbonyl (C=O) groups is 1. The van der Waals surface area contributed by atoms with Crippen LogP contribution in [0.2, 0.25) is 10.0 Å². The van der Waals surface area contributed by atoms with Gasteiger partial charge in [-0.3, -0.25) is 9.36 Å². The van der Waals surface area contributed by atoms with Crippen molar-refractivity contribution in [3.8, 4) is 28.8 Å². The van der Waals surface area contributed by atoms with Gasteiger partial charge in [0.2, 0.25) is 11.7 Å². The molecule has 168 valence electrons. The van der Waals surface area contributed by atoms with Crippen LogP contribution in [-0.2, 0) is 4.79 Å². The average Bonchev–Trinajstić information content (AvgIpc) is 3.46. The van der Waals surface area contributed by atoms with Gasteiger partial charge in [-0.05, 0) is 42.5 Å². The Morgan fingerprint density at radius 3 is 2.58 bits per heavy atom. The molecule has 1 amide bonds. The molecule has 5 rings (SSSR count). The summed E-state index contributed by atoms with van der Waals surface area (Å²) >= 11 is 13.2. The quantitative estimate of drug-likeness (QED) is 0.356. The van der Waals surface area contributed by atoms with E-state index in [1.165, 1.54) is 11.8 Å². The van der Waals surface area contributed by atoms with Crippen molar-refractivity contribution in [2.75, 3.05) is 24.3 Å². The van der Waals surface area contributed by atoms with Crippen LogP contribution in [0.25, 0.3) is 17.3 Å². The maximum atomic E-state index is 12.6. The Morgan fingerprint density at radius 2 is 1.82 bits per heavy atom. The Bertz CT molecular complexity index is 1290. The van der Waals surface area contributed by atoms with E-state index in [2.05, 4.69) is 15.5 Å². The Morgan fingerprint density at radius 1 is 1.03 bits per heavy atom. The molecule has 2 aromatic carbocycles. The maximum Gasteiger partial charge on any atom is 0.234 e. The number of anilines is 1. The second-order valence-corrected chi connectivity index (χ2v) is 8.76. The van der Waals surface area contributed by atoms with Gasteiger partial charge in [0.15, 0.2) is 22.4 Å². The normalized spacial score (nSPS) is 12.5. The lowest BCUT2D eigenvalue weighted by atomic mass is 10.2. The van der Waals surface area contributed by atoms with Crippen molar-refractivity contribution >= 4 is 46.6 Å². The number of rotatable bonds is 6. The third-order valence-electron chi connectivity index (χ3n) is 4.64. The highest BCUT2D eigenvalue weighted by atomic mass is 35.5. The lowest BCUT2D eigenvalue weighted by Crippen LogP contribution is -2.16. The van der Waals surface area contributed by atoms with Gasteiger partial charge in [0.05, 0.1) is 17.7 Å². The Hall–Kier alpha value is -3.14. The van der Waals surface area contributed by atoms with E-state index in [1.54, 1.807) is 36.6 Å². The molecule has 0 saturated carbocycles. The molecule has 2 aromatic heterocycles. The number of ether oxygens (including phenoxy) is 2. The van der Waals surface area contributed by atoms with Gasteiger partial charge >= 0.3 is 0 Å². The number of thioether (sulfide) groups is 1. The van der Waals surface area contributed by atoms with Gasteiger partial charge in [-0.25, -0.2) is 0 Å². The lowest BCUT2D eigenvalue weighted by molar-refractivity contribution is -0.113. The second kappa shape index (κ2) is 9.38. The topological polar surface area (TPSA) is 91.4 Å². The Labute approximate surface area is 202 Å². The number of nitrogens with one attached hydrogen (secondary N) is 1. The molecular formula is C22H16Cl2N4O4S. The molecule has 0 saturated heterocycles. The fourth-order valence-corrected chi connectivity index (χ4v) is 4.56. The summed E-state index contributed by atoms with van der Waals surface area (Å²) < 4.78 is 18.7. The molecule has 8 nitrogen and oxygen atoms in total. The van der Waals surface area contributed by atoms with E-state index in [1.807, 2.05) is 22.8 Å². The molecule has 0 fully saturated rings. The molecule has 1 aliphatic heterocycles. The minimum atomic E-state index is -0.241. The zero-order valence-electron chi connectivity index (χ0n) is 17.0. The van der Waals surface area contributed by atoms with Gasteiger partial charge in [0.1, 0.15) is 13.2 Å². The number of hydrogen-bond donors (Lipinski definition) is 1. The SMILES string of the molecule is O=C(CSc1nnc(-c2ccco2)n1-c1ccc2c(c1)OCCO2)Nc1cc(Cl)cc(Cl)c1. The number of nitrogens with zero attached hydrogens (tertiary/aromatic N) is 3. The Kier molecular flexibility index (Phi) is 6.17. The number of furan rings is 1. The zero-order valence-corrected chi connectivity index (χ0v) is 19.3. The van der Waals surface area contributed by atoms with Gasteiger partial charge in [-0.1, -0.05) is 35.0 Å². The molecule has 3 heterocycles. The summed E-state index contributed by atoms with van der Waals surface area (Å²) in [5.74, 6) is 2.19. The van der Waals surface area contributed by atoms with Crippen LogP contribution in [0.1, 0.15) is 0 Å². The fourth-order valence-electron chi connectivity index (χ4n) is 3.29. The van der Waals surface area contributed by atoms with Gasteiger partial charge in [-0.15, -0.1) is 10.2 Å². The highest BCUT2D eigenvalue weighted by Crippen LogP contribution is 2.35. The summed E-state index contributed by atoms with van der Waals surface area (Å²) in [6.07, 6.45) is 1.56. The molecule has 0 bridgehead atoms. The minimum absolute atomic E-state index is 0.0883. The number of fused-ring (bicyclic) bond motifs is 1. The molecule has 11 heteroatoms. The van der Waals surface area contributed by atoms with Gasteiger partial charge < -0.3 is 19.2 Å². The summed E-state index contributed by atoms with van der Waals surface area (Å²) in [5.41, 5.74) is 1.27. The number of benzene rings is 2. The molecule has 33 heavy (non-hydrogen) atoms. The first kappa shape index (κ1) is 21.7. The molecule has 0 atom stereocenters. The maximum absolute atomic E-state index is 12.6. The third kappa shape index (κ3) is 4.80. The van der Waals surface area contributed by atoms with Crippen molar-refractivity contribution in [2.45, 2.75) is 5.16 Å². The van der Waals surface area contributed by atoms with Crippen LogP contribution >= 0.6 is 35.0 Å². The van der Waals surface area contributed by atoms with Crippen LogP contribution < -0.4 is 14.8 Å². The lowest BCUT2D eigenvalue weighted by Gasteiger charge is -2.19. The van der Waals surface area contributed by atoms with Crippen molar-refractivity contribution in [2.24, 2.45) is 0 Å². The number of hydrogen-bond acceptors (Lipinski definition) is 7.